The first kappa shape index (κ1) is 22.9. The molecule has 0 fully saturated rings. The van der Waals surface area contributed by atoms with Crippen LogP contribution in [0.25, 0.3) is 0 Å². The lowest BCUT2D eigenvalue weighted by molar-refractivity contribution is -0.118. The predicted molar refractivity (Wildman–Crippen MR) is 124 cm³/mol. The van der Waals surface area contributed by atoms with E-state index in [4.69, 9.17) is 27.9 Å². The highest BCUT2D eigenvalue weighted by atomic mass is 35.5. The molecule has 3 aromatic carbocycles. The second kappa shape index (κ2) is 9.60. The number of rotatable bonds is 7. The second-order valence-corrected chi connectivity index (χ2v) is 9.42. The van der Waals surface area contributed by atoms with Crippen molar-refractivity contribution in [1.82, 2.24) is 0 Å². The van der Waals surface area contributed by atoms with Crippen molar-refractivity contribution in [3.63, 3.8) is 0 Å². The lowest BCUT2D eigenvalue weighted by atomic mass is 10.1. The van der Waals surface area contributed by atoms with Gasteiger partial charge in [0.1, 0.15) is 10.6 Å². The van der Waals surface area contributed by atoms with Gasteiger partial charge in [-0.1, -0.05) is 35.3 Å². The lowest BCUT2D eigenvalue weighted by Gasteiger charge is -2.12. The molecule has 6 nitrogen and oxygen atoms in total. The highest BCUT2D eigenvalue weighted by Gasteiger charge is 2.19. The SMILES string of the molecule is Cc1cc(C)cc(OCC(=O)Nc2ccc(Cl)c(S(=O)(=O)Nc3cccc(Cl)c3)c2)c1. The molecule has 9 heteroatoms. The number of anilines is 2. The smallest absolute Gasteiger partial charge is 0.263 e. The Morgan fingerprint density at radius 3 is 2.32 bits per heavy atom. The molecule has 31 heavy (non-hydrogen) atoms. The minimum absolute atomic E-state index is 0.0130. The molecule has 1 amide bonds. The van der Waals surface area contributed by atoms with Gasteiger partial charge >= 0.3 is 0 Å². The number of ether oxygens (including phenoxy) is 1. The van der Waals surface area contributed by atoms with Crippen LogP contribution in [0.15, 0.2) is 65.6 Å². The van der Waals surface area contributed by atoms with Gasteiger partial charge in [0.25, 0.3) is 15.9 Å². The molecule has 0 heterocycles. The zero-order valence-electron chi connectivity index (χ0n) is 16.8. The van der Waals surface area contributed by atoms with E-state index in [0.717, 1.165) is 11.1 Å². The first-order chi connectivity index (χ1) is 14.6. The fraction of sp³-hybridized carbons (Fsp3) is 0.136. The van der Waals surface area contributed by atoms with Crippen LogP contribution in [0.4, 0.5) is 11.4 Å². The van der Waals surface area contributed by atoms with Gasteiger partial charge in [0.15, 0.2) is 6.61 Å². The third-order valence-corrected chi connectivity index (χ3v) is 6.24. The highest BCUT2D eigenvalue weighted by Crippen LogP contribution is 2.27. The molecule has 3 aromatic rings. The van der Waals surface area contributed by atoms with Crippen molar-refractivity contribution in [2.24, 2.45) is 0 Å². The van der Waals surface area contributed by atoms with E-state index in [1.165, 1.54) is 24.3 Å². The molecule has 0 spiro atoms. The summed E-state index contributed by atoms with van der Waals surface area (Å²) in [5, 5.41) is 3.02. The van der Waals surface area contributed by atoms with Gasteiger partial charge in [0, 0.05) is 10.7 Å². The standard InChI is InChI=1S/C22H20Cl2N2O4S/c1-14-8-15(2)10-19(9-14)30-13-22(27)25-17-6-7-20(24)21(12-17)31(28,29)26-18-5-3-4-16(23)11-18/h3-12,26H,13H2,1-2H3,(H,25,27). The number of hydrogen-bond donors (Lipinski definition) is 2. The van der Waals surface area contributed by atoms with E-state index >= 15 is 0 Å². The number of hydrogen-bond acceptors (Lipinski definition) is 4. The molecule has 0 saturated heterocycles. The van der Waals surface area contributed by atoms with Gasteiger partial charge in [-0.2, -0.15) is 0 Å². The number of amides is 1. The van der Waals surface area contributed by atoms with Crippen LogP contribution in [-0.2, 0) is 14.8 Å². The molecule has 0 aliphatic rings. The zero-order valence-corrected chi connectivity index (χ0v) is 19.1. The lowest BCUT2D eigenvalue weighted by Crippen LogP contribution is -2.21. The van der Waals surface area contributed by atoms with Crippen molar-refractivity contribution in [2.75, 3.05) is 16.6 Å². The number of benzene rings is 3. The average Bonchev–Trinajstić information content (AvgIpc) is 2.67. The van der Waals surface area contributed by atoms with E-state index in [2.05, 4.69) is 10.0 Å². The van der Waals surface area contributed by atoms with Gasteiger partial charge in [-0.15, -0.1) is 0 Å². The van der Waals surface area contributed by atoms with E-state index in [1.54, 1.807) is 18.2 Å². The van der Waals surface area contributed by atoms with Crippen LogP contribution >= 0.6 is 23.2 Å². The van der Waals surface area contributed by atoms with Gasteiger partial charge in [-0.3, -0.25) is 9.52 Å². The Morgan fingerprint density at radius 2 is 1.65 bits per heavy atom. The van der Waals surface area contributed by atoms with E-state index in [0.29, 0.717) is 16.5 Å². The van der Waals surface area contributed by atoms with Crippen molar-refractivity contribution in [2.45, 2.75) is 18.7 Å². The minimum atomic E-state index is -4.01. The number of nitrogens with one attached hydrogen (secondary N) is 2. The van der Waals surface area contributed by atoms with Crippen molar-refractivity contribution >= 4 is 50.5 Å². The summed E-state index contributed by atoms with van der Waals surface area (Å²) < 4.78 is 33.5. The van der Waals surface area contributed by atoms with Crippen molar-refractivity contribution in [3.05, 3.63) is 81.8 Å². The molecule has 0 aliphatic heterocycles. The summed E-state index contributed by atoms with van der Waals surface area (Å²) in [6.45, 7) is 3.65. The van der Waals surface area contributed by atoms with E-state index in [9.17, 15) is 13.2 Å². The maximum atomic E-state index is 12.8. The number of aryl methyl sites for hydroxylation is 2. The first-order valence-electron chi connectivity index (χ1n) is 9.21. The maximum absolute atomic E-state index is 12.8. The van der Waals surface area contributed by atoms with Crippen LogP contribution in [0.1, 0.15) is 11.1 Å². The molecular formula is C22H20Cl2N2O4S. The van der Waals surface area contributed by atoms with Gasteiger partial charge in [-0.25, -0.2) is 8.42 Å². The summed E-state index contributed by atoms with van der Waals surface area (Å²) in [4.78, 5) is 12.1. The van der Waals surface area contributed by atoms with Gasteiger partial charge in [0.05, 0.1) is 10.7 Å². The fourth-order valence-electron chi connectivity index (χ4n) is 2.91. The number of carbonyl (C=O) groups is 1. The Morgan fingerprint density at radius 1 is 0.935 bits per heavy atom. The van der Waals surface area contributed by atoms with E-state index in [1.807, 2.05) is 32.0 Å². The average molecular weight is 479 g/mol. The summed E-state index contributed by atoms with van der Waals surface area (Å²) in [6.07, 6.45) is 0. The third kappa shape index (κ3) is 6.37. The molecule has 0 atom stereocenters. The molecule has 2 N–H and O–H groups in total. The predicted octanol–water partition coefficient (Wildman–Crippen LogP) is 5.43. The molecule has 0 aromatic heterocycles. The topological polar surface area (TPSA) is 84.5 Å². The van der Waals surface area contributed by atoms with E-state index in [-0.39, 0.29) is 22.2 Å². The van der Waals surface area contributed by atoms with Crippen molar-refractivity contribution in [3.8, 4) is 5.75 Å². The largest absolute Gasteiger partial charge is 0.484 e. The number of halogens is 2. The monoisotopic (exact) mass is 478 g/mol. The summed E-state index contributed by atoms with van der Waals surface area (Å²) in [5.74, 6) is 0.144. The van der Waals surface area contributed by atoms with Crippen LogP contribution in [-0.4, -0.2) is 20.9 Å². The second-order valence-electron chi connectivity index (χ2n) is 6.92. The zero-order chi connectivity index (χ0) is 22.6. The molecule has 0 unspecified atom stereocenters. The summed E-state index contributed by atoms with van der Waals surface area (Å²) in [6, 6.07) is 16.1. The van der Waals surface area contributed by atoms with Crippen LogP contribution in [0.3, 0.4) is 0 Å². The van der Waals surface area contributed by atoms with E-state index < -0.39 is 15.9 Å². The summed E-state index contributed by atoms with van der Waals surface area (Å²) in [5.41, 5.74) is 2.61. The summed E-state index contributed by atoms with van der Waals surface area (Å²) in [7, 11) is -4.01. The highest BCUT2D eigenvalue weighted by molar-refractivity contribution is 7.92. The van der Waals surface area contributed by atoms with Crippen molar-refractivity contribution < 1.29 is 17.9 Å². The fourth-order valence-corrected chi connectivity index (χ4v) is 4.68. The Bertz CT molecular complexity index is 1210. The summed E-state index contributed by atoms with van der Waals surface area (Å²) >= 11 is 12.0. The molecule has 0 aliphatic carbocycles. The normalized spacial score (nSPS) is 11.1. The van der Waals surface area contributed by atoms with Gasteiger partial charge in [0.2, 0.25) is 0 Å². The Hall–Kier alpha value is -2.74. The molecule has 162 valence electrons. The quantitative estimate of drug-likeness (QED) is 0.474. The Kier molecular flexibility index (Phi) is 7.10. The van der Waals surface area contributed by atoms with Crippen LogP contribution in [0.5, 0.6) is 5.75 Å². The molecule has 0 radical (unpaired) electrons. The Balaban J connectivity index is 1.71. The van der Waals surface area contributed by atoms with Crippen molar-refractivity contribution in [1.29, 1.82) is 0 Å². The first-order valence-corrected chi connectivity index (χ1v) is 11.5. The molecule has 0 bridgehead atoms. The molecular weight excluding hydrogens is 459 g/mol. The van der Waals surface area contributed by atoms with Crippen LogP contribution in [0, 0.1) is 13.8 Å². The van der Waals surface area contributed by atoms with Crippen LogP contribution in [0.2, 0.25) is 10.0 Å². The number of carbonyl (C=O) groups excluding carboxylic acids is 1. The minimum Gasteiger partial charge on any atom is -0.484 e. The third-order valence-electron chi connectivity index (χ3n) is 4.15. The maximum Gasteiger partial charge on any atom is 0.263 e. The molecule has 3 rings (SSSR count). The molecule has 0 saturated carbocycles. The van der Waals surface area contributed by atoms with Crippen LogP contribution < -0.4 is 14.8 Å². The van der Waals surface area contributed by atoms with Gasteiger partial charge in [-0.05, 0) is 73.5 Å². The Labute approximate surface area is 191 Å². The van der Waals surface area contributed by atoms with Gasteiger partial charge < -0.3 is 10.1 Å². The number of sulfonamides is 1.